The Bertz CT molecular complexity index is 1430. The zero-order chi connectivity index (χ0) is 32.4. The second-order valence-corrected chi connectivity index (χ2v) is 18.3. The highest BCUT2D eigenvalue weighted by Gasteiger charge is 2.40. The zero-order valence-corrected chi connectivity index (χ0v) is 29.3. The smallest absolute Gasteiger partial charge is 0.307 e. The fourth-order valence-corrected chi connectivity index (χ4v) is 12.0. The standard InChI is InChI=1S/C41H52N2O2Si/c1-34(36-20-11-6-12-21-36)43(33-35-18-9-5-10-19-35)37(32-40(44)45-41(2,3)4)22-17-27-42-28-30-46(31-29-42,38-23-13-7-14-24-38)39-25-15-8-16-26-39/h5-16,18-21,23-26,34,37H,17,22,27-33H2,1-4H3/t34-,37-/m0/s1. The number of ether oxygens (including phenoxy) is 1. The van der Waals surface area contributed by atoms with E-state index in [1.807, 2.05) is 20.8 Å². The summed E-state index contributed by atoms with van der Waals surface area (Å²) in [4.78, 5) is 18.5. The number of hydrogen-bond acceptors (Lipinski definition) is 4. The highest BCUT2D eigenvalue weighted by Crippen LogP contribution is 2.30. The molecule has 46 heavy (non-hydrogen) atoms. The topological polar surface area (TPSA) is 32.8 Å². The van der Waals surface area contributed by atoms with Gasteiger partial charge in [0.1, 0.15) is 13.7 Å². The van der Waals surface area contributed by atoms with Gasteiger partial charge >= 0.3 is 5.97 Å². The summed E-state index contributed by atoms with van der Waals surface area (Å²) >= 11 is 0. The SMILES string of the molecule is C[C@@H](c1ccccc1)N(Cc1ccccc1)[C@@H](CCCN1CC[Si](c2ccccc2)(c2ccccc2)CC1)CC(=O)OC(C)(C)C. The summed E-state index contributed by atoms with van der Waals surface area (Å²) in [5.41, 5.74) is 2.03. The molecule has 1 fully saturated rings. The summed E-state index contributed by atoms with van der Waals surface area (Å²) in [6.07, 6.45) is 2.38. The first-order valence-electron chi connectivity index (χ1n) is 17.1. The third-order valence-corrected chi connectivity index (χ3v) is 14.7. The van der Waals surface area contributed by atoms with Crippen molar-refractivity contribution in [3.05, 3.63) is 132 Å². The Labute approximate surface area is 278 Å². The van der Waals surface area contributed by atoms with Crippen LogP contribution in [0.15, 0.2) is 121 Å². The monoisotopic (exact) mass is 632 g/mol. The highest BCUT2D eigenvalue weighted by atomic mass is 28.3. The van der Waals surface area contributed by atoms with Crippen LogP contribution in [0, 0.1) is 0 Å². The number of nitrogens with zero attached hydrogens (tertiary/aromatic N) is 2. The van der Waals surface area contributed by atoms with Crippen LogP contribution < -0.4 is 10.4 Å². The van der Waals surface area contributed by atoms with E-state index < -0.39 is 13.7 Å². The van der Waals surface area contributed by atoms with Crippen molar-refractivity contribution < 1.29 is 9.53 Å². The number of rotatable bonds is 13. The first-order valence-corrected chi connectivity index (χ1v) is 19.5. The van der Waals surface area contributed by atoms with Crippen LogP contribution in [0.2, 0.25) is 12.1 Å². The lowest BCUT2D eigenvalue weighted by Gasteiger charge is -2.41. The van der Waals surface area contributed by atoms with Gasteiger partial charge in [0.2, 0.25) is 0 Å². The Morgan fingerprint density at radius 3 is 1.80 bits per heavy atom. The van der Waals surface area contributed by atoms with Crippen molar-refractivity contribution in [2.24, 2.45) is 0 Å². The molecule has 1 heterocycles. The van der Waals surface area contributed by atoms with Crippen LogP contribution in [0.5, 0.6) is 0 Å². The maximum atomic E-state index is 13.3. The van der Waals surface area contributed by atoms with E-state index >= 15 is 0 Å². The van der Waals surface area contributed by atoms with Crippen LogP contribution in [0.3, 0.4) is 0 Å². The third-order valence-electron chi connectivity index (χ3n) is 9.65. The second-order valence-electron chi connectivity index (χ2n) is 14.0. The van der Waals surface area contributed by atoms with E-state index in [0.717, 1.165) is 39.0 Å². The molecule has 0 spiro atoms. The summed E-state index contributed by atoms with van der Waals surface area (Å²) < 4.78 is 5.89. The van der Waals surface area contributed by atoms with Crippen molar-refractivity contribution >= 4 is 24.4 Å². The predicted octanol–water partition coefficient (Wildman–Crippen LogP) is 7.71. The van der Waals surface area contributed by atoms with Crippen molar-refractivity contribution in [2.45, 2.75) is 83.3 Å². The molecule has 0 radical (unpaired) electrons. The van der Waals surface area contributed by atoms with Crippen molar-refractivity contribution in [3.63, 3.8) is 0 Å². The van der Waals surface area contributed by atoms with Crippen LogP contribution >= 0.6 is 0 Å². The number of carbonyl (C=O) groups excluding carboxylic acids is 1. The van der Waals surface area contributed by atoms with Crippen LogP contribution in [0.4, 0.5) is 0 Å². The molecule has 4 aromatic rings. The van der Waals surface area contributed by atoms with E-state index in [9.17, 15) is 4.79 Å². The molecule has 4 aromatic carbocycles. The van der Waals surface area contributed by atoms with E-state index in [0.29, 0.717) is 6.42 Å². The van der Waals surface area contributed by atoms with Crippen molar-refractivity contribution in [2.75, 3.05) is 19.6 Å². The zero-order valence-electron chi connectivity index (χ0n) is 28.3. The average Bonchev–Trinajstić information content (AvgIpc) is 3.08. The molecule has 5 heteroatoms. The Kier molecular flexibility index (Phi) is 11.7. The van der Waals surface area contributed by atoms with Crippen LogP contribution in [0.25, 0.3) is 0 Å². The number of carbonyl (C=O) groups is 1. The highest BCUT2D eigenvalue weighted by molar-refractivity contribution is 7.02. The lowest BCUT2D eigenvalue weighted by Crippen LogP contribution is -2.63. The average molecular weight is 633 g/mol. The van der Waals surface area contributed by atoms with Crippen LogP contribution in [0.1, 0.15) is 64.1 Å². The Hall–Kier alpha value is -3.51. The Morgan fingerprint density at radius 1 is 0.783 bits per heavy atom. The van der Waals surface area contributed by atoms with Gasteiger partial charge in [0.25, 0.3) is 0 Å². The van der Waals surface area contributed by atoms with Gasteiger partial charge in [-0.25, -0.2) is 0 Å². The molecule has 242 valence electrons. The second kappa shape index (κ2) is 15.9. The fourth-order valence-electron chi connectivity index (χ4n) is 7.23. The normalized spacial score (nSPS) is 16.5. The molecule has 5 rings (SSSR count). The molecule has 1 saturated heterocycles. The molecule has 4 nitrogen and oxygen atoms in total. The summed E-state index contributed by atoms with van der Waals surface area (Å²) in [6, 6.07) is 46.7. The van der Waals surface area contributed by atoms with E-state index in [-0.39, 0.29) is 18.1 Å². The Morgan fingerprint density at radius 2 is 1.28 bits per heavy atom. The fraction of sp³-hybridized carbons (Fsp3) is 0.390. The minimum absolute atomic E-state index is 0.0668. The first kappa shape index (κ1) is 33.8. The molecule has 0 aromatic heterocycles. The number of benzene rings is 4. The minimum Gasteiger partial charge on any atom is -0.460 e. The molecule has 0 amide bonds. The van der Waals surface area contributed by atoms with E-state index in [1.165, 1.54) is 23.2 Å². The summed E-state index contributed by atoms with van der Waals surface area (Å²) in [5, 5.41) is 3.12. The molecular weight excluding hydrogens is 581 g/mol. The van der Waals surface area contributed by atoms with Gasteiger partial charge in [-0.3, -0.25) is 9.69 Å². The van der Waals surface area contributed by atoms with E-state index in [1.54, 1.807) is 10.4 Å². The van der Waals surface area contributed by atoms with Crippen LogP contribution in [-0.2, 0) is 16.1 Å². The van der Waals surface area contributed by atoms with Crippen molar-refractivity contribution in [3.8, 4) is 0 Å². The molecule has 0 N–H and O–H groups in total. The predicted molar refractivity (Wildman–Crippen MR) is 194 cm³/mol. The Balaban J connectivity index is 1.31. The summed E-state index contributed by atoms with van der Waals surface area (Å²) in [6.45, 7) is 12.2. The van der Waals surface area contributed by atoms with Gasteiger partial charge in [0, 0.05) is 18.6 Å². The van der Waals surface area contributed by atoms with Crippen molar-refractivity contribution in [1.82, 2.24) is 9.80 Å². The van der Waals surface area contributed by atoms with Gasteiger partial charge in [0.05, 0.1) is 6.42 Å². The van der Waals surface area contributed by atoms with Gasteiger partial charge in [-0.2, -0.15) is 0 Å². The molecule has 1 aliphatic rings. The van der Waals surface area contributed by atoms with E-state index in [2.05, 4.69) is 138 Å². The molecule has 2 atom stereocenters. The van der Waals surface area contributed by atoms with Crippen molar-refractivity contribution in [1.29, 1.82) is 0 Å². The quantitative estimate of drug-likeness (QED) is 0.112. The van der Waals surface area contributed by atoms with Gasteiger partial charge in [-0.15, -0.1) is 0 Å². The molecule has 0 bridgehead atoms. The molecule has 1 aliphatic heterocycles. The lowest BCUT2D eigenvalue weighted by molar-refractivity contribution is -0.156. The maximum absolute atomic E-state index is 13.3. The number of hydrogen-bond donors (Lipinski definition) is 0. The molecule has 0 saturated carbocycles. The molecule has 0 unspecified atom stereocenters. The maximum Gasteiger partial charge on any atom is 0.307 e. The molecular formula is C41H52N2O2Si. The largest absolute Gasteiger partial charge is 0.460 e. The van der Waals surface area contributed by atoms with Crippen LogP contribution in [-0.4, -0.2) is 55.1 Å². The van der Waals surface area contributed by atoms with Gasteiger partial charge in [0.15, 0.2) is 0 Å². The van der Waals surface area contributed by atoms with Gasteiger partial charge in [-0.05, 0) is 83.4 Å². The van der Waals surface area contributed by atoms with Gasteiger partial charge < -0.3 is 9.64 Å². The van der Waals surface area contributed by atoms with Gasteiger partial charge in [-0.1, -0.05) is 132 Å². The minimum atomic E-state index is -1.81. The van der Waals surface area contributed by atoms with E-state index in [4.69, 9.17) is 4.74 Å². The summed E-state index contributed by atoms with van der Waals surface area (Å²) in [5.74, 6) is -0.115. The lowest BCUT2D eigenvalue weighted by atomic mass is 9.98. The number of esters is 1. The summed E-state index contributed by atoms with van der Waals surface area (Å²) in [7, 11) is -1.81. The third kappa shape index (κ3) is 9.06. The first-order chi connectivity index (χ1) is 22.2. The molecule has 0 aliphatic carbocycles.